The van der Waals surface area contributed by atoms with Gasteiger partial charge in [0.15, 0.2) is 0 Å². The average molecular weight is 331 g/mol. The highest BCUT2D eigenvalue weighted by Gasteiger charge is 2.13. The van der Waals surface area contributed by atoms with Crippen molar-refractivity contribution in [1.29, 1.82) is 0 Å². The van der Waals surface area contributed by atoms with E-state index in [1.165, 1.54) is 0 Å². The summed E-state index contributed by atoms with van der Waals surface area (Å²) >= 11 is 0. The lowest BCUT2D eigenvalue weighted by atomic mass is 10.1. The number of rotatable bonds is 5. The summed E-state index contributed by atoms with van der Waals surface area (Å²) in [6, 6.07) is 12.3. The largest absolute Gasteiger partial charge is 0.323 e. The van der Waals surface area contributed by atoms with E-state index < -0.39 is 10.0 Å². The van der Waals surface area contributed by atoms with E-state index in [0.717, 1.165) is 16.6 Å². The van der Waals surface area contributed by atoms with Crippen LogP contribution >= 0.6 is 0 Å². The maximum absolute atomic E-state index is 12.2. The van der Waals surface area contributed by atoms with Gasteiger partial charge in [-0.2, -0.15) is 0 Å². The molecule has 0 saturated carbocycles. The lowest BCUT2D eigenvalue weighted by Gasteiger charge is -2.07. The number of aryl methyl sites for hydroxylation is 1. The number of hydrogen-bond donors (Lipinski definition) is 3. The fourth-order valence-electron chi connectivity index (χ4n) is 2.43. The number of H-pyrrole nitrogens is 2. The van der Waals surface area contributed by atoms with E-state index in [4.69, 9.17) is 0 Å². The maximum Gasteiger partial charge on any atom is 0.323 e. The van der Waals surface area contributed by atoms with Crippen LogP contribution in [-0.2, 0) is 16.4 Å². The minimum Gasteiger partial charge on any atom is -0.306 e. The third-order valence-electron chi connectivity index (χ3n) is 3.59. The van der Waals surface area contributed by atoms with E-state index in [1.54, 1.807) is 24.3 Å². The molecular weight excluding hydrogens is 314 g/mol. The summed E-state index contributed by atoms with van der Waals surface area (Å²) in [6.07, 6.45) is 0.536. The van der Waals surface area contributed by atoms with Crippen LogP contribution in [0.15, 0.2) is 52.2 Å². The molecule has 0 amide bonds. The van der Waals surface area contributed by atoms with Gasteiger partial charge in [-0.05, 0) is 48.7 Å². The Kier molecular flexibility index (Phi) is 4.06. The Hall–Kier alpha value is -2.38. The zero-order chi connectivity index (χ0) is 16.4. The molecule has 1 heterocycles. The second kappa shape index (κ2) is 6.02. The summed E-state index contributed by atoms with van der Waals surface area (Å²) in [5.41, 5.74) is 3.04. The van der Waals surface area contributed by atoms with Gasteiger partial charge in [-0.1, -0.05) is 18.2 Å². The molecule has 0 fully saturated rings. The van der Waals surface area contributed by atoms with Gasteiger partial charge in [0.2, 0.25) is 10.0 Å². The van der Waals surface area contributed by atoms with Crippen LogP contribution < -0.4 is 10.4 Å². The number of aromatic nitrogens is 2. The van der Waals surface area contributed by atoms with E-state index in [-0.39, 0.29) is 17.1 Å². The Balaban J connectivity index is 1.69. The molecular formula is C16H17N3O3S. The van der Waals surface area contributed by atoms with Crippen LogP contribution in [-0.4, -0.2) is 24.9 Å². The number of aromatic amines is 2. The normalized spacial score (nSPS) is 11.9. The summed E-state index contributed by atoms with van der Waals surface area (Å²) in [5, 5.41) is 0. The minimum absolute atomic E-state index is 0.252. The van der Waals surface area contributed by atoms with Crippen LogP contribution in [0.4, 0.5) is 0 Å². The summed E-state index contributed by atoms with van der Waals surface area (Å²) in [6.45, 7) is 2.14. The molecule has 0 radical (unpaired) electrons. The highest BCUT2D eigenvalue weighted by molar-refractivity contribution is 7.89. The Morgan fingerprint density at radius 3 is 2.61 bits per heavy atom. The van der Waals surface area contributed by atoms with Crippen molar-refractivity contribution in [3.05, 3.63) is 64.1 Å². The zero-order valence-corrected chi connectivity index (χ0v) is 13.4. The van der Waals surface area contributed by atoms with E-state index in [1.807, 2.05) is 25.1 Å². The summed E-state index contributed by atoms with van der Waals surface area (Å²) in [7, 11) is -3.51. The molecule has 0 unspecified atom stereocenters. The van der Waals surface area contributed by atoms with E-state index >= 15 is 0 Å². The van der Waals surface area contributed by atoms with Gasteiger partial charge < -0.3 is 9.97 Å². The van der Waals surface area contributed by atoms with Gasteiger partial charge in [0.25, 0.3) is 0 Å². The summed E-state index contributed by atoms with van der Waals surface area (Å²) in [5.74, 6) is 0. The van der Waals surface area contributed by atoms with Crippen molar-refractivity contribution in [2.45, 2.75) is 18.2 Å². The third kappa shape index (κ3) is 3.52. The third-order valence-corrected chi connectivity index (χ3v) is 5.04. The Morgan fingerprint density at radius 2 is 1.83 bits per heavy atom. The predicted octanol–water partition coefficient (Wildman–Crippen LogP) is 1.69. The average Bonchev–Trinajstić information content (AvgIpc) is 2.86. The van der Waals surface area contributed by atoms with Crippen molar-refractivity contribution < 1.29 is 8.42 Å². The topological polar surface area (TPSA) is 94.8 Å². The molecule has 3 rings (SSSR count). The number of fused-ring (bicyclic) bond motifs is 1. The molecule has 0 aliphatic rings. The molecule has 3 aromatic rings. The van der Waals surface area contributed by atoms with Crippen molar-refractivity contribution in [2.75, 3.05) is 6.54 Å². The quantitative estimate of drug-likeness (QED) is 0.664. The standard InChI is InChI=1S/C16H17N3O3S/c1-11-3-2-4-13(9-11)23(21,22)17-8-7-12-5-6-14-15(10-12)19-16(20)18-14/h2-6,9-10,17H,7-8H2,1H3,(H2,18,19,20). The van der Waals surface area contributed by atoms with Crippen molar-refractivity contribution in [3.63, 3.8) is 0 Å². The molecule has 0 spiro atoms. The number of imidazole rings is 1. The van der Waals surface area contributed by atoms with E-state index in [0.29, 0.717) is 11.9 Å². The highest BCUT2D eigenvalue weighted by atomic mass is 32.2. The Labute approximate surface area is 133 Å². The first-order chi connectivity index (χ1) is 10.9. The number of hydrogen-bond acceptors (Lipinski definition) is 3. The minimum atomic E-state index is -3.51. The van der Waals surface area contributed by atoms with Gasteiger partial charge in [0.1, 0.15) is 0 Å². The number of nitrogens with one attached hydrogen (secondary N) is 3. The molecule has 0 saturated heterocycles. The van der Waals surface area contributed by atoms with Crippen molar-refractivity contribution in [1.82, 2.24) is 14.7 Å². The van der Waals surface area contributed by atoms with Crippen LogP contribution in [0.2, 0.25) is 0 Å². The number of benzene rings is 2. The molecule has 1 aromatic heterocycles. The van der Waals surface area contributed by atoms with E-state index in [2.05, 4.69) is 14.7 Å². The van der Waals surface area contributed by atoms with Crippen LogP contribution in [0.3, 0.4) is 0 Å². The first-order valence-electron chi connectivity index (χ1n) is 7.21. The van der Waals surface area contributed by atoms with Crippen LogP contribution in [0, 0.1) is 6.92 Å². The monoisotopic (exact) mass is 331 g/mol. The molecule has 2 aromatic carbocycles. The molecule has 0 bridgehead atoms. The van der Waals surface area contributed by atoms with Gasteiger partial charge >= 0.3 is 5.69 Å². The lowest BCUT2D eigenvalue weighted by Crippen LogP contribution is -2.26. The Morgan fingerprint density at radius 1 is 1.04 bits per heavy atom. The second-order valence-electron chi connectivity index (χ2n) is 5.42. The lowest BCUT2D eigenvalue weighted by molar-refractivity contribution is 0.581. The molecule has 6 nitrogen and oxygen atoms in total. The fourth-order valence-corrected chi connectivity index (χ4v) is 3.57. The molecule has 3 N–H and O–H groups in total. The highest BCUT2D eigenvalue weighted by Crippen LogP contribution is 2.12. The molecule has 0 atom stereocenters. The SMILES string of the molecule is Cc1cccc(S(=O)(=O)NCCc2ccc3[nH]c(=O)[nH]c3c2)c1. The van der Waals surface area contributed by atoms with Crippen molar-refractivity contribution in [2.24, 2.45) is 0 Å². The molecule has 0 aliphatic heterocycles. The van der Waals surface area contributed by atoms with E-state index in [9.17, 15) is 13.2 Å². The van der Waals surface area contributed by atoms with Crippen LogP contribution in [0.5, 0.6) is 0 Å². The van der Waals surface area contributed by atoms with Gasteiger partial charge in [-0.25, -0.2) is 17.9 Å². The van der Waals surface area contributed by atoms with Crippen molar-refractivity contribution in [3.8, 4) is 0 Å². The Bertz CT molecular complexity index is 1000. The molecule has 7 heteroatoms. The van der Waals surface area contributed by atoms with Gasteiger partial charge in [0.05, 0.1) is 15.9 Å². The first kappa shape index (κ1) is 15.5. The molecule has 23 heavy (non-hydrogen) atoms. The van der Waals surface area contributed by atoms with Crippen LogP contribution in [0.1, 0.15) is 11.1 Å². The summed E-state index contributed by atoms with van der Waals surface area (Å²) in [4.78, 5) is 16.9. The fraction of sp³-hybridized carbons (Fsp3) is 0.188. The number of sulfonamides is 1. The van der Waals surface area contributed by atoms with Gasteiger partial charge in [-0.15, -0.1) is 0 Å². The first-order valence-corrected chi connectivity index (χ1v) is 8.70. The zero-order valence-electron chi connectivity index (χ0n) is 12.6. The van der Waals surface area contributed by atoms with Gasteiger partial charge in [0, 0.05) is 6.54 Å². The van der Waals surface area contributed by atoms with Crippen LogP contribution in [0.25, 0.3) is 11.0 Å². The smallest absolute Gasteiger partial charge is 0.306 e. The van der Waals surface area contributed by atoms with Gasteiger partial charge in [-0.3, -0.25) is 0 Å². The maximum atomic E-state index is 12.2. The predicted molar refractivity (Wildman–Crippen MR) is 89.0 cm³/mol. The summed E-state index contributed by atoms with van der Waals surface area (Å²) < 4.78 is 27.1. The van der Waals surface area contributed by atoms with Crippen molar-refractivity contribution >= 4 is 21.1 Å². The molecule has 0 aliphatic carbocycles. The molecule has 120 valence electrons. The second-order valence-corrected chi connectivity index (χ2v) is 7.19.